The second-order valence-electron chi connectivity index (χ2n) is 7.44. The van der Waals surface area contributed by atoms with Crippen LogP contribution < -0.4 is 5.32 Å². The van der Waals surface area contributed by atoms with Gasteiger partial charge >= 0.3 is 6.03 Å². The fourth-order valence-corrected chi connectivity index (χ4v) is 4.70. The normalized spacial score (nSPS) is 32.0. The molecular formula is C19H28N2O4. The van der Waals surface area contributed by atoms with E-state index in [2.05, 4.69) is 5.32 Å². The molecule has 0 bridgehead atoms. The topological polar surface area (TPSA) is 63.9 Å². The molecule has 6 nitrogen and oxygen atoms in total. The molecule has 1 N–H and O–H groups in total. The number of urea groups is 1. The molecule has 4 rings (SSSR count). The quantitative estimate of drug-likeness (QED) is 0.907. The number of nitrogens with zero attached hydrogens (tertiary/aromatic N) is 1. The summed E-state index contributed by atoms with van der Waals surface area (Å²) in [6.45, 7) is 2.08. The summed E-state index contributed by atoms with van der Waals surface area (Å²) in [5, 5.41) is 3.30. The molecule has 2 saturated heterocycles. The Kier molecular flexibility index (Phi) is 4.99. The number of ether oxygens (including phenoxy) is 2. The highest BCUT2D eigenvalue weighted by Crippen LogP contribution is 2.36. The summed E-state index contributed by atoms with van der Waals surface area (Å²) in [5.41, 5.74) is 0. The zero-order chi connectivity index (χ0) is 17.2. The second-order valence-corrected chi connectivity index (χ2v) is 7.44. The molecule has 4 atom stereocenters. The first-order valence-corrected chi connectivity index (χ1v) is 9.52. The standard InChI is InChI=1S/C19H28N2O4/c1-23-12-13-7-8-18(25-13)16-5-3-10-21(16)19(22)20-15-4-2-6-17-14(15)9-11-24-17/h7-8,14-17H,2-6,9-12H2,1H3,(H,20,22)/t14-,15-,16+,17+/m1/s1. The Bertz CT molecular complexity index is 602. The predicted octanol–water partition coefficient (Wildman–Crippen LogP) is 3.23. The molecule has 6 heteroatoms. The van der Waals surface area contributed by atoms with Crippen molar-refractivity contribution in [1.29, 1.82) is 0 Å². The molecule has 1 aromatic heterocycles. The number of methoxy groups -OCH3 is 1. The number of likely N-dealkylation sites (tertiary alicyclic amines) is 1. The highest BCUT2D eigenvalue weighted by atomic mass is 16.5. The molecule has 138 valence electrons. The van der Waals surface area contributed by atoms with E-state index in [1.165, 1.54) is 0 Å². The highest BCUT2D eigenvalue weighted by molar-refractivity contribution is 5.75. The lowest BCUT2D eigenvalue weighted by Crippen LogP contribution is -2.50. The number of rotatable bonds is 4. The van der Waals surface area contributed by atoms with Gasteiger partial charge in [-0.15, -0.1) is 0 Å². The van der Waals surface area contributed by atoms with Crippen LogP contribution in [0.1, 0.15) is 56.1 Å². The molecule has 1 aliphatic carbocycles. The Morgan fingerprint density at radius 2 is 2.20 bits per heavy atom. The molecule has 0 unspecified atom stereocenters. The van der Waals surface area contributed by atoms with Gasteiger partial charge in [-0.3, -0.25) is 0 Å². The maximum absolute atomic E-state index is 12.9. The van der Waals surface area contributed by atoms with Crippen LogP contribution in [0.2, 0.25) is 0 Å². The molecule has 1 saturated carbocycles. The number of fused-ring (bicyclic) bond motifs is 1. The average Bonchev–Trinajstić information content (AvgIpc) is 3.35. The number of furan rings is 1. The van der Waals surface area contributed by atoms with Crippen molar-refractivity contribution in [2.75, 3.05) is 20.3 Å². The minimum Gasteiger partial charge on any atom is -0.461 e. The lowest BCUT2D eigenvalue weighted by Gasteiger charge is -2.35. The van der Waals surface area contributed by atoms with Gasteiger partial charge in [0, 0.05) is 32.2 Å². The summed E-state index contributed by atoms with van der Waals surface area (Å²) < 4.78 is 16.8. The van der Waals surface area contributed by atoms with Gasteiger partial charge < -0.3 is 24.1 Å². The van der Waals surface area contributed by atoms with E-state index in [1.807, 2.05) is 17.0 Å². The first-order valence-electron chi connectivity index (χ1n) is 9.52. The van der Waals surface area contributed by atoms with E-state index in [-0.39, 0.29) is 18.1 Å². The molecule has 25 heavy (non-hydrogen) atoms. The minimum atomic E-state index is 0.0322. The van der Waals surface area contributed by atoms with Crippen LogP contribution in [-0.4, -0.2) is 43.3 Å². The van der Waals surface area contributed by atoms with E-state index in [1.54, 1.807) is 7.11 Å². The Balaban J connectivity index is 1.41. The van der Waals surface area contributed by atoms with Gasteiger partial charge in [-0.2, -0.15) is 0 Å². The summed E-state index contributed by atoms with van der Waals surface area (Å²) in [4.78, 5) is 14.9. The van der Waals surface area contributed by atoms with Crippen LogP contribution in [0, 0.1) is 5.92 Å². The van der Waals surface area contributed by atoms with Crippen LogP contribution in [0.3, 0.4) is 0 Å². The van der Waals surface area contributed by atoms with Gasteiger partial charge in [0.15, 0.2) is 0 Å². The Morgan fingerprint density at radius 1 is 1.28 bits per heavy atom. The summed E-state index contributed by atoms with van der Waals surface area (Å²) in [6, 6.07) is 4.24. The van der Waals surface area contributed by atoms with Crippen LogP contribution in [0.5, 0.6) is 0 Å². The summed E-state index contributed by atoms with van der Waals surface area (Å²) in [7, 11) is 1.65. The molecule has 0 radical (unpaired) electrons. The number of hydrogen-bond donors (Lipinski definition) is 1. The van der Waals surface area contributed by atoms with Gasteiger partial charge in [0.25, 0.3) is 0 Å². The monoisotopic (exact) mass is 348 g/mol. The van der Waals surface area contributed by atoms with E-state index in [9.17, 15) is 4.79 Å². The maximum atomic E-state index is 12.9. The van der Waals surface area contributed by atoms with Crippen molar-refractivity contribution in [2.45, 2.75) is 63.3 Å². The number of hydrogen-bond acceptors (Lipinski definition) is 4. The van der Waals surface area contributed by atoms with Crippen molar-refractivity contribution in [2.24, 2.45) is 5.92 Å². The third kappa shape index (κ3) is 3.42. The van der Waals surface area contributed by atoms with Crippen LogP contribution in [0.15, 0.2) is 16.5 Å². The van der Waals surface area contributed by atoms with E-state index in [0.29, 0.717) is 18.6 Å². The van der Waals surface area contributed by atoms with Gasteiger partial charge in [-0.1, -0.05) is 0 Å². The second kappa shape index (κ2) is 7.38. The molecule has 0 spiro atoms. The van der Waals surface area contributed by atoms with E-state index in [0.717, 1.165) is 63.2 Å². The van der Waals surface area contributed by atoms with Gasteiger partial charge in [-0.25, -0.2) is 4.79 Å². The summed E-state index contributed by atoms with van der Waals surface area (Å²) >= 11 is 0. The van der Waals surface area contributed by atoms with Crippen molar-refractivity contribution in [1.82, 2.24) is 10.2 Å². The molecule has 2 amide bonds. The van der Waals surface area contributed by atoms with Gasteiger partial charge in [0.05, 0.1) is 12.1 Å². The third-order valence-electron chi connectivity index (χ3n) is 5.90. The Morgan fingerprint density at radius 3 is 3.08 bits per heavy atom. The van der Waals surface area contributed by atoms with Crippen molar-refractivity contribution in [3.8, 4) is 0 Å². The molecule has 3 aliphatic rings. The van der Waals surface area contributed by atoms with Crippen LogP contribution in [0.25, 0.3) is 0 Å². The Hall–Kier alpha value is -1.53. The highest BCUT2D eigenvalue weighted by Gasteiger charge is 2.40. The molecule has 0 aromatic carbocycles. The number of amides is 2. The largest absolute Gasteiger partial charge is 0.461 e. The fraction of sp³-hybridized carbons (Fsp3) is 0.737. The lowest BCUT2D eigenvalue weighted by atomic mass is 9.82. The van der Waals surface area contributed by atoms with Gasteiger partial charge in [0.2, 0.25) is 0 Å². The predicted molar refractivity (Wildman–Crippen MR) is 92.1 cm³/mol. The first-order chi connectivity index (χ1) is 12.3. The molecule has 2 aliphatic heterocycles. The number of nitrogens with one attached hydrogen (secondary N) is 1. The molecule has 3 fully saturated rings. The first kappa shape index (κ1) is 16.9. The fourth-order valence-electron chi connectivity index (χ4n) is 4.70. The zero-order valence-electron chi connectivity index (χ0n) is 14.9. The molecular weight excluding hydrogens is 320 g/mol. The van der Waals surface area contributed by atoms with Crippen LogP contribution in [-0.2, 0) is 16.1 Å². The zero-order valence-corrected chi connectivity index (χ0v) is 14.9. The van der Waals surface area contributed by atoms with Crippen molar-refractivity contribution < 1.29 is 18.7 Å². The smallest absolute Gasteiger partial charge is 0.318 e. The Labute approximate surface area is 148 Å². The van der Waals surface area contributed by atoms with Crippen molar-refractivity contribution in [3.63, 3.8) is 0 Å². The van der Waals surface area contributed by atoms with Crippen molar-refractivity contribution >= 4 is 6.03 Å². The van der Waals surface area contributed by atoms with E-state index in [4.69, 9.17) is 13.9 Å². The SMILES string of the molecule is COCc1ccc([C@@H]2CCCN2C(=O)N[C@@H]2CCC[C@@H]3OCC[C@@H]32)o1. The number of carbonyl (C=O) groups is 1. The van der Waals surface area contributed by atoms with Crippen LogP contribution in [0.4, 0.5) is 4.79 Å². The number of carbonyl (C=O) groups excluding carboxylic acids is 1. The summed E-state index contributed by atoms with van der Waals surface area (Å²) in [5.74, 6) is 2.16. The minimum absolute atomic E-state index is 0.0322. The van der Waals surface area contributed by atoms with Crippen LogP contribution >= 0.6 is 0 Å². The van der Waals surface area contributed by atoms with Gasteiger partial charge in [-0.05, 0) is 50.7 Å². The van der Waals surface area contributed by atoms with Gasteiger partial charge in [0.1, 0.15) is 18.1 Å². The maximum Gasteiger partial charge on any atom is 0.318 e. The molecule has 1 aromatic rings. The lowest BCUT2D eigenvalue weighted by molar-refractivity contribution is 0.0535. The molecule has 3 heterocycles. The van der Waals surface area contributed by atoms with E-state index < -0.39 is 0 Å². The van der Waals surface area contributed by atoms with E-state index >= 15 is 0 Å². The summed E-state index contributed by atoms with van der Waals surface area (Å²) in [6.07, 6.45) is 6.71. The van der Waals surface area contributed by atoms with Crippen molar-refractivity contribution in [3.05, 3.63) is 23.7 Å². The average molecular weight is 348 g/mol. The third-order valence-corrected chi connectivity index (χ3v) is 5.90.